The highest BCUT2D eigenvalue weighted by atomic mass is 79.9. The Labute approximate surface area is 167 Å². The van der Waals surface area contributed by atoms with E-state index >= 15 is 0 Å². The van der Waals surface area contributed by atoms with Gasteiger partial charge >= 0.3 is 0 Å². The summed E-state index contributed by atoms with van der Waals surface area (Å²) in [6.07, 6.45) is 1.69. The van der Waals surface area contributed by atoms with Crippen molar-refractivity contribution in [1.82, 2.24) is 0 Å². The van der Waals surface area contributed by atoms with Crippen LogP contribution in [0.3, 0.4) is 0 Å². The van der Waals surface area contributed by atoms with Crippen LogP contribution in [0.15, 0.2) is 69.6 Å². The van der Waals surface area contributed by atoms with E-state index in [1.165, 1.54) is 0 Å². The number of halogens is 2. The van der Waals surface area contributed by atoms with Crippen LogP contribution in [0, 0.1) is 0 Å². The molecule has 0 heterocycles. The molecule has 0 N–H and O–H groups in total. The van der Waals surface area contributed by atoms with E-state index in [0.717, 1.165) is 45.2 Å². The van der Waals surface area contributed by atoms with Crippen molar-refractivity contribution in [1.29, 1.82) is 0 Å². The Morgan fingerprint density at radius 1 is 0.615 bits per heavy atom. The van der Waals surface area contributed by atoms with Gasteiger partial charge in [0.05, 0.1) is 0 Å². The lowest BCUT2D eigenvalue weighted by Gasteiger charge is -2.17. The molecule has 0 saturated heterocycles. The lowest BCUT2D eigenvalue weighted by atomic mass is 9.87. The third-order valence-electron chi connectivity index (χ3n) is 4.56. The van der Waals surface area contributed by atoms with Crippen LogP contribution in [0.2, 0.25) is 0 Å². The van der Waals surface area contributed by atoms with Gasteiger partial charge in [-0.05, 0) is 33.7 Å². The Morgan fingerprint density at radius 3 is 1.38 bits per heavy atom. The molecule has 0 aliphatic rings. The van der Waals surface area contributed by atoms with Crippen molar-refractivity contribution in [3.8, 4) is 11.1 Å². The fourth-order valence-electron chi connectivity index (χ4n) is 3.43. The lowest BCUT2D eigenvalue weighted by Crippen LogP contribution is -1.98. The number of carbonyl (C=O) groups excluding carboxylic acids is 2. The number of hydrogen-bond donors (Lipinski definition) is 0. The van der Waals surface area contributed by atoms with E-state index in [1.807, 2.05) is 60.7 Å². The number of benzene rings is 4. The van der Waals surface area contributed by atoms with Gasteiger partial charge in [0.2, 0.25) is 0 Å². The standard InChI is InChI=1S/C22H12Br2O2/c23-19-9-13-5-1-3-7-15(13)21(17(19)11-25)22-16-8-4-2-6-14(16)10-20(24)18(22)12-26/h1-12H. The first-order valence-corrected chi connectivity index (χ1v) is 9.57. The molecule has 0 saturated carbocycles. The average Bonchev–Trinajstić information content (AvgIpc) is 2.66. The molecule has 4 aromatic carbocycles. The van der Waals surface area contributed by atoms with E-state index in [9.17, 15) is 9.59 Å². The summed E-state index contributed by atoms with van der Waals surface area (Å²) in [6, 6.07) is 19.6. The number of fused-ring (bicyclic) bond motifs is 2. The van der Waals surface area contributed by atoms with Crippen LogP contribution in [0.1, 0.15) is 20.7 Å². The predicted octanol–water partition coefficient (Wildman–Crippen LogP) is 6.81. The Morgan fingerprint density at radius 2 is 1.00 bits per heavy atom. The molecule has 26 heavy (non-hydrogen) atoms. The molecule has 0 spiro atoms. The molecule has 126 valence electrons. The van der Waals surface area contributed by atoms with Crippen molar-refractivity contribution in [3.05, 3.63) is 80.7 Å². The van der Waals surface area contributed by atoms with Crippen LogP contribution in [-0.4, -0.2) is 12.6 Å². The fourth-order valence-corrected chi connectivity index (χ4v) is 4.50. The fraction of sp³-hybridized carbons (Fsp3) is 0. The minimum atomic E-state index is 0.537. The molecule has 0 atom stereocenters. The van der Waals surface area contributed by atoms with Crippen molar-refractivity contribution in [2.45, 2.75) is 0 Å². The Kier molecular flexibility index (Phi) is 4.47. The Balaban J connectivity index is 2.31. The minimum Gasteiger partial charge on any atom is -0.298 e. The summed E-state index contributed by atoms with van der Waals surface area (Å²) in [4.78, 5) is 23.9. The van der Waals surface area contributed by atoms with Gasteiger partial charge in [0.15, 0.2) is 12.6 Å². The maximum absolute atomic E-state index is 12.0. The van der Waals surface area contributed by atoms with Gasteiger partial charge in [-0.25, -0.2) is 0 Å². The lowest BCUT2D eigenvalue weighted by molar-refractivity contribution is 0.111. The number of aldehydes is 2. The molecular formula is C22H12Br2O2. The summed E-state index contributed by atoms with van der Waals surface area (Å²) in [7, 11) is 0. The van der Waals surface area contributed by atoms with Crippen molar-refractivity contribution in [2.24, 2.45) is 0 Å². The Hall–Kier alpha value is -2.30. The second-order valence-electron chi connectivity index (χ2n) is 5.97. The highest BCUT2D eigenvalue weighted by molar-refractivity contribution is 9.10. The molecule has 0 aliphatic carbocycles. The SMILES string of the molecule is O=Cc1c(Br)cc2ccccc2c1-c1c(C=O)c(Br)cc2ccccc12. The van der Waals surface area contributed by atoms with Crippen LogP contribution in [0.4, 0.5) is 0 Å². The summed E-state index contributed by atoms with van der Waals surface area (Å²) in [5.41, 5.74) is 2.61. The van der Waals surface area contributed by atoms with Crippen LogP contribution in [-0.2, 0) is 0 Å². The first-order valence-electron chi connectivity index (χ1n) is 7.99. The van der Waals surface area contributed by atoms with Crippen LogP contribution in [0.5, 0.6) is 0 Å². The smallest absolute Gasteiger partial charge is 0.151 e. The largest absolute Gasteiger partial charge is 0.298 e. The van der Waals surface area contributed by atoms with Gasteiger partial charge in [-0.15, -0.1) is 0 Å². The minimum absolute atomic E-state index is 0.537. The van der Waals surface area contributed by atoms with Crippen molar-refractivity contribution in [2.75, 3.05) is 0 Å². The number of rotatable bonds is 3. The molecule has 0 amide bonds. The summed E-state index contributed by atoms with van der Waals surface area (Å²) in [5, 5.41) is 3.87. The molecule has 0 bridgehead atoms. The van der Waals surface area contributed by atoms with Crippen LogP contribution in [0.25, 0.3) is 32.7 Å². The summed E-state index contributed by atoms with van der Waals surface area (Å²) in [6.45, 7) is 0. The molecular weight excluding hydrogens is 456 g/mol. The van der Waals surface area contributed by atoms with Gasteiger partial charge in [-0.2, -0.15) is 0 Å². The summed E-state index contributed by atoms with van der Waals surface area (Å²) < 4.78 is 1.42. The zero-order valence-corrected chi connectivity index (χ0v) is 16.7. The normalized spacial score (nSPS) is 11.0. The van der Waals surface area contributed by atoms with E-state index in [4.69, 9.17) is 0 Å². The highest BCUT2D eigenvalue weighted by Crippen LogP contribution is 2.42. The molecule has 4 aromatic rings. The highest BCUT2D eigenvalue weighted by Gasteiger charge is 2.20. The van der Waals surface area contributed by atoms with Crippen molar-refractivity contribution < 1.29 is 9.59 Å². The molecule has 0 aromatic heterocycles. The molecule has 4 heteroatoms. The molecule has 0 aliphatic heterocycles. The van der Waals surface area contributed by atoms with Gasteiger partial charge in [0.1, 0.15) is 0 Å². The topological polar surface area (TPSA) is 34.1 Å². The van der Waals surface area contributed by atoms with E-state index in [2.05, 4.69) is 31.9 Å². The van der Waals surface area contributed by atoms with E-state index in [0.29, 0.717) is 20.1 Å². The monoisotopic (exact) mass is 466 g/mol. The summed E-state index contributed by atoms with van der Waals surface area (Å²) in [5.74, 6) is 0. The first-order chi connectivity index (χ1) is 12.7. The molecule has 0 unspecified atom stereocenters. The molecule has 4 rings (SSSR count). The van der Waals surface area contributed by atoms with Crippen LogP contribution < -0.4 is 0 Å². The number of carbonyl (C=O) groups is 2. The second-order valence-corrected chi connectivity index (χ2v) is 7.68. The molecule has 2 nitrogen and oxygen atoms in total. The molecule has 0 radical (unpaired) electrons. The van der Waals surface area contributed by atoms with Crippen molar-refractivity contribution >= 4 is 66.0 Å². The van der Waals surface area contributed by atoms with Gasteiger partial charge in [0, 0.05) is 31.2 Å². The van der Waals surface area contributed by atoms with E-state index in [1.54, 1.807) is 0 Å². The van der Waals surface area contributed by atoms with E-state index in [-0.39, 0.29) is 0 Å². The predicted molar refractivity (Wildman–Crippen MR) is 113 cm³/mol. The van der Waals surface area contributed by atoms with Crippen LogP contribution >= 0.6 is 31.9 Å². The van der Waals surface area contributed by atoms with Gasteiger partial charge in [0.25, 0.3) is 0 Å². The third-order valence-corrected chi connectivity index (χ3v) is 5.88. The Bertz CT molecular complexity index is 1100. The number of hydrogen-bond acceptors (Lipinski definition) is 2. The maximum atomic E-state index is 12.0. The average molecular weight is 468 g/mol. The summed E-state index contributed by atoms with van der Waals surface area (Å²) >= 11 is 7.05. The zero-order chi connectivity index (χ0) is 18.3. The first kappa shape index (κ1) is 17.1. The molecule has 0 fully saturated rings. The van der Waals surface area contributed by atoms with Gasteiger partial charge in [-0.1, -0.05) is 80.4 Å². The van der Waals surface area contributed by atoms with Crippen molar-refractivity contribution in [3.63, 3.8) is 0 Å². The second kappa shape index (κ2) is 6.78. The maximum Gasteiger partial charge on any atom is 0.151 e. The third kappa shape index (κ3) is 2.61. The zero-order valence-electron chi connectivity index (χ0n) is 13.5. The van der Waals surface area contributed by atoms with Gasteiger partial charge in [-0.3, -0.25) is 9.59 Å². The quantitative estimate of drug-likeness (QED) is 0.310. The van der Waals surface area contributed by atoms with Gasteiger partial charge < -0.3 is 0 Å². The van der Waals surface area contributed by atoms with E-state index < -0.39 is 0 Å².